The van der Waals surface area contributed by atoms with Gasteiger partial charge in [0, 0.05) is 17.9 Å². The Morgan fingerprint density at radius 3 is 3.00 bits per heavy atom. The van der Waals surface area contributed by atoms with Crippen molar-refractivity contribution in [3.8, 4) is 0 Å². The fourth-order valence-electron chi connectivity index (χ4n) is 2.18. The highest BCUT2D eigenvalue weighted by atomic mass is 35.5. The fourth-order valence-corrected chi connectivity index (χ4v) is 2.40. The summed E-state index contributed by atoms with van der Waals surface area (Å²) >= 11 is 5.97. The molecule has 0 saturated carbocycles. The van der Waals surface area contributed by atoms with Gasteiger partial charge in [0.25, 0.3) is 5.91 Å². The summed E-state index contributed by atoms with van der Waals surface area (Å²) in [6.07, 6.45) is 2.63. The molecular formula is C14H19ClN2O2. The Morgan fingerprint density at radius 2 is 2.37 bits per heavy atom. The van der Waals surface area contributed by atoms with E-state index in [1.165, 1.54) is 0 Å². The number of nitrogens with zero attached hydrogens (tertiary/aromatic N) is 1. The van der Waals surface area contributed by atoms with E-state index in [1.54, 1.807) is 6.07 Å². The standard InChI is InChI=1S/C14H19ClN2O2/c1-3-4-11-7-10(8-12(15)16-11)13(18)17-14(2)5-6-19-9-14/h7-8H,3-6,9H2,1-2H3,(H,17,18). The minimum atomic E-state index is -0.280. The van der Waals surface area contributed by atoms with E-state index < -0.39 is 0 Å². The maximum atomic E-state index is 12.3. The van der Waals surface area contributed by atoms with Gasteiger partial charge in [-0.05, 0) is 31.9 Å². The van der Waals surface area contributed by atoms with E-state index in [0.717, 1.165) is 25.0 Å². The maximum Gasteiger partial charge on any atom is 0.251 e. The Kier molecular flexibility index (Phi) is 4.42. The van der Waals surface area contributed by atoms with Crippen molar-refractivity contribution in [2.75, 3.05) is 13.2 Å². The van der Waals surface area contributed by atoms with Crippen LogP contribution in [0, 0.1) is 0 Å². The SMILES string of the molecule is CCCc1cc(C(=O)NC2(C)CCOC2)cc(Cl)n1. The average molecular weight is 283 g/mol. The number of ether oxygens (including phenoxy) is 1. The smallest absolute Gasteiger partial charge is 0.251 e. The lowest BCUT2D eigenvalue weighted by atomic mass is 10.0. The normalized spacial score (nSPS) is 22.5. The third-order valence-electron chi connectivity index (χ3n) is 3.25. The molecule has 4 nitrogen and oxygen atoms in total. The van der Waals surface area contributed by atoms with Crippen LogP contribution < -0.4 is 5.32 Å². The largest absolute Gasteiger partial charge is 0.379 e. The Bertz CT molecular complexity index is 471. The van der Waals surface area contributed by atoms with Crippen molar-refractivity contribution < 1.29 is 9.53 Å². The molecule has 0 aromatic carbocycles. The lowest BCUT2D eigenvalue weighted by Crippen LogP contribution is -2.46. The first-order valence-corrected chi connectivity index (χ1v) is 6.97. The van der Waals surface area contributed by atoms with Crippen molar-refractivity contribution in [1.82, 2.24) is 10.3 Å². The number of rotatable bonds is 4. The van der Waals surface area contributed by atoms with Crippen molar-refractivity contribution in [1.29, 1.82) is 0 Å². The molecule has 1 N–H and O–H groups in total. The first kappa shape index (κ1) is 14.3. The van der Waals surface area contributed by atoms with Crippen LogP contribution in [-0.2, 0) is 11.2 Å². The van der Waals surface area contributed by atoms with E-state index in [1.807, 2.05) is 13.0 Å². The molecule has 1 aliphatic heterocycles. The molecule has 1 atom stereocenters. The zero-order valence-electron chi connectivity index (χ0n) is 11.3. The number of hydrogen-bond donors (Lipinski definition) is 1. The van der Waals surface area contributed by atoms with Crippen LogP contribution in [0.25, 0.3) is 0 Å². The summed E-state index contributed by atoms with van der Waals surface area (Å²) < 4.78 is 5.33. The predicted molar refractivity (Wildman–Crippen MR) is 74.5 cm³/mol. The Hall–Kier alpha value is -1.13. The van der Waals surface area contributed by atoms with Gasteiger partial charge in [-0.25, -0.2) is 4.98 Å². The number of carbonyl (C=O) groups excluding carboxylic acids is 1. The van der Waals surface area contributed by atoms with Crippen LogP contribution in [0.15, 0.2) is 12.1 Å². The number of nitrogens with one attached hydrogen (secondary N) is 1. The number of amides is 1. The molecule has 2 heterocycles. The van der Waals surface area contributed by atoms with E-state index in [2.05, 4.69) is 17.2 Å². The highest BCUT2D eigenvalue weighted by Crippen LogP contribution is 2.19. The van der Waals surface area contributed by atoms with Crippen LogP contribution in [-0.4, -0.2) is 29.6 Å². The van der Waals surface area contributed by atoms with Gasteiger partial charge in [0.05, 0.1) is 12.1 Å². The van der Waals surface area contributed by atoms with Crippen molar-refractivity contribution in [2.24, 2.45) is 0 Å². The Morgan fingerprint density at radius 1 is 1.58 bits per heavy atom. The third kappa shape index (κ3) is 3.67. The monoisotopic (exact) mass is 282 g/mol. The number of aromatic nitrogens is 1. The second kappa shape index (κ2) is 5.88. The molecule has 0 aliphatic carbocycles. The average Bonchev–Trinajstić information content (AvgIpc) is 2.75. The fraction of sp³-hybridized carbons (Fsp3) is 0.571. The molecule has 0 spiro atoms. The molecule has 1 aliphatic rings. The Balaban J connectivity index is 2.14. The molecular weight excluding hydrogens is 264 g/mol. The van der Waals surface area contributed by atoms with Gasteiger partial charge < -0.3 is 10.1 Å². The molecule has 1 saturated heterocycles. The van der Waals surface area contributed by atoms with Gasteiger partial charge in [-0.15, -0.1) is 0 Å². The molecule has 1 fully saturated rings. The van der Waals surface area contributed by atoms with Gasteiger partial charge in [0.2, 0.25) is 0 Å². The van der Waals surface area contributed by atoms with E-state index in [4.69, 9.17) is 16.3 Å². The first-order valence-electron chi connectivity index (χ1n) is 6.59. The molecule has 19 heavy (non-hydrogen) atoms. The lowest BCUT2D eigenvalue weighted by Gasteiger charge is -2.23. The van der Waals surface area contributed by atoms with Crippen molar-refractivity contribution >= 4 is 17.5 Å². The number of pyridine rings is 1. The van der Waals surface area contributed by atoms with Gasteiger partial charge in [-0.2, -0.15) is 0 Å². The molecule has 2 rings (SSSR count). The first-order chi connectivity index (χ1) is 9.02. The van der Waals surface area contributed by atoms with Gasteiger partial charge in [-0.1, -0.05) is 24.9 Å². The van der Waals surface area contributed by atoms with Gasteiger partial charge in [0.15, 0.2) is 0 Å². The maximum absolute atomic E-state index is 12.3. The third-order valence-corrected chi connectivity index (χ3v) is 3.44. The van der Waals surface area contributed by atoms with Crippen molar-refractivity contribution in [3.63, 3.8) is 0 Å². The molecule has 5 heteroatoms. The van der Waals surface area contributed by atoms with Crippen molar-refractivity contribution in [3.05, 3.63) is 28.5 Å². The van der Waals surface area contributed by atoms with Crippen LogP contribution >= 0.6 is 11.6 Å². The topological polar surface area (TPSA) is 51.2 Å². The molecule has 1 aromatic heterocycles. The zero-order chi connectivity index (χ0) is 13.9. The van der Waals surface area contributed by atoms with E-state index in [0.29, 0.717) is 23.9 Å². The van der Waals surface area contributed by atoms with Crippen LogP contribution in [0.4, 0.5) is 0 Å². The summed E-state index contributed by atoms with van der Waals surface area (Å²) in [6.45, 7) is 5.31. The highest BCUT2D eigenvalue weighted by molar-refractivity contribution is 6.29. The minimum Gasteiger partial charge on any atom is -0.379 e. The summed E-state index contributed by atoms with van der Waals surface area (Å²) in [4.78, 5) is 16.5. The summed E-state index contributed by atoms with van der Waals surface area (Å²) in [5, 5.41) is 3.38. The quantitative estimate of drug-likeness (QED) is 0.864. The summed E-state index contributed by atoms with van der Waals surface area (Å²) in [7, 11) is 0. The summed E-state index contributed by atoms with van der Waals surface area (Å²) in [5.74, 6) is -0.116. The van der Waals surface area contributed by atoms with E-state index in [-0.39, 0.29) is 11.4 Å². The summed E-state index contributed by atoms with van der Waals surface area (Å²) in [6, 6.07) is 3.42. The van der Waals surface area contributed by atoms with Crippen molar-refractivity contribution in [2.45, 2.75) is 38.6 Å². The van der Waals surface area contributed by atoms with E-state index in [9.17, 15) is 4.79 Å². The van der Waals surface area contributed by atoms with Crippen LogP contribution in [0.5, 0.6) is 0 Å². The zero-order valence-corrected chi connectivity index (χ0v) is 12.1. The number of halogens is 1. The predicted octanol–water partition coefficient (Wildman–Crippen LogP) is 2.60. The highest BCUT2D eigenvalue weighted by Gasteiger charge is 2.31. The molecule has 0 bridgehead atoms. The molecule has 1 unspecified atom stereocenters. The lowest BCUT2D eigenvalue weighted by molar-refractivity contribution is 0.0889. The van der Waals surface area contributed by atoms with Gasteiger partial charge in [-0.3, -0.25) is 4.79 Å². The van der Waals surface area contributed by atoms with Crippen LogP contribution in [0.1, 0.15) is 42.7 Å². The minimum absolute atomic E-state index is 0.116. The number of carbonyl (C=O) groups is 1. The number of hydrogen-bond acceptors (Lipinski definition) is 3. The second-order valence-corrected chi connectivity index (χ2v) is 5.62. The molecule has 104 valence electrons. The van der Waals surface area contributed by atoms with Crippen LogP contribution in [0.3, 0.4) is 0 Å². The second-order valence-electron chi connectivity index (χ2n) is 5.24. The molecule has 0 radical (unpaired) electrons. The number of aryl methyl sites for hydroxylation is 1. The summed E-state index contributed by atoms with van der Waals surface area (Å²) in [5.41, 5.74) is 1.14. The molecule has 1 aromatic rings. The molecule has 1 amide bonds. The van der Waals surface area contributed by atoms with Gasteiger partial charge >= 0.3 is 0 Å². The Labute approximate surface area is 118 Å². The van der Waals surface area contributed by atoms with Gasteiger partial charge in [0.1, 0.15) is 5.15 Å². The van der Waals surface area contributed by atoms with Crippen LogP contribution in [0.2, 0.25) is 5.15 Å². The van der Waals surface area contributed by atoms with E-state index >= 15 is 0 Å².